The summed E-state index contributed by atoms with van der Waals surface area (Å²) in [5, 5.41) is 6.01. The van der Waals surface area contributed by atoms with Gasteiger partial charge in [-0.2, -0.15) is 0 Å². The molecule has 2 aromatic heterocycles. The lowest BCUT2D eigenvalue weighted by molar-refractivity contribution is -0.125. The van der Waals surface area contributed by atoms with Crippen LogP contribution in [-0.2, 0) is 30.1 Å². The number of H-pyrrole nitrogens is 1. The number of nitrogens with one attached hydrogen (secondary N) is 3. The first-order valence-corrected chi connectivity index (χ1v) is 9.41. The van der Waals surface area contributed by atoms with Crippen LogP contribution < -0.4 is 21.9 Å². The third kappa shape index (κ3) is 3.19. The molecule has 0 fully saturated rings. The number of anilines is 1. The van der Waals surface area contributed by atoms with Gasteiger partial charge in [-0.1, -0.05) is 0 Å². The van der Waals surface area contributed by atoms with Crippen LogP contribution in [0.2, 0.25) is 0 Å². The maximum absolute atomic E-state index is 13.5. The minimum absolute atomic E-state index is 0.117. The number of carbonyl (C=O) groups is 2. The number of halogens is 1. The van der Waals surface area contributed by atoms with E-state index >= 15 is 0 Å². The van der Waals surface area contributed by atoms with Crippen molar-refractivity contribution < 1.29 is 14.0 Å². The standard InChI is InChI=1S/C20H20FN5O4/c1-25-17-16(19(29)26(2)20(25)30)13(18(28)24-17)8-15(27)22-6-5-10-9-23-14-4-3-11(21)7-12(10)14/h3-4,7,9,13,23H,5-6,8H2,1-2H3,(H,22,27)(H,24,28)/t13-/m0/s1. The molecule has 3 heterocycles. The molecule has 3 N–H and O–H groups in total. The number of carbonyl (C=O) groups excluding carboxylic acids is 2. The van der Waals surface area contributed by atoms with Crippen LogP contribution >= 0.6 is 0 Å². The first kappa shape index (κ1) is 19.6. The summed E-state index contributed by atoms with van der Waals surface area (Å²) in [7, 11) is 2.78. The minimum atomic E-state index is -0.965. The summed E-state index contributed by atoms with van der Waals surface area (Å²) in [5.74, 6) is -2.07. The van der Waals surface area contributed by atoms with E-state index in [4.69, 9.17) is 0 Å². The molecule has 1 aliphatic rings. The molecular weight excluding hydrogens is 393 g/mol. The molecule has 9 nitrogen and oxygen atoms in total. The summed E-state index contributed by atoms with van der Waals surface area (Å²) in [6, 6.07) is 4.45. The molecule has 0 radical (unpaired) electrons. The van der Waals surface area contributed by atoms with Crippen LogP contribution in [0.25, 0.3) is 10.9 Å². The van der Waals surface area contributed by atoms with Crippen LogP contribution in [0.4, 0.5) is 10.2 Å². The van der Waals surface area contributed by atoms with Crippen molar-refractivity contribution in [1.29, 1.82) is 0 Å². The fourth-order valence-electron chi connectivity index (χ4n) is 3.82. The molecule has 10 heteroatoms. The Morgan fingerprint density at radius 3 is 2.73 bits per heavy atom. The Morgan fingerprint density at radius 1 is 1.20 bits per heavy atom. The first-order valence-electron chi connectivity index (χ1n) is 9.41. The molecule has 1 atom stereocenters. The molecule has 1 aliphatic heterocycles. The average molecular weight is 413 g/mol. The van der Waals surface area contributed by atoms with Gasteiger partial charge < -0.3 is 15.6 Å². The quantitative estimate of drug-likeness (QED) is 0.564. The molecular formula is C20H20FN5O4. The van der Waals surface area contributed by atoms with Crippen LogP contribution in [0.5, 0.6) is 0 Å². The Labute approximate surface area is 169 Å². The summed E-state index contributed by atoms with van der Waals surface area (Å²) in [6.07, 6.45) is 2.02. The molecule has 0 aliphatic carbocycles. The Bertz CT molecular complexity index is 1300. The van der Waals surface area contributed by atoms with Crippen LogP contribution in [0.1, 0.15) is 23.5 Å². The fourth-order valence-corrected chi connectivity index (χ4v) is 3.82. The largest absolute Gasteiger partial charge is 0.361 e. The Balaban J connectivity index is 1.45. The second kappa shape index (κ2) is 7.29. The summed E-state index contributed by atoms with van der Waals surface area (Å²) >= 11 is 0. The van der Waals surface area contributed by atoms with Crippen molar-refractivity contribution in [1.82, 2.24) is 19.4 Å². The second-order valence-corrected chi connectivity index (χ2v) is 7.32. The van der Waals surface area contributed by atoms with Crippen molar-refractivity contribution in [3.63, 3.8) is 0 Å². The fraction of sp³-hybridized carbons (Fsp3) is 0.300. The molecule has 0 saturated carbocycles. The Kier molecular flexibility index (Phi) is 4.76. The van der Waals surface area contributed by atoms with Crippen molar-refractivity contribution in [2.24, 2.45) is 14.1 Å². The van der Waals surface area contributed by atoms with E-state index in [1.54, 1.807) is 12.3 Å². The Morgan fingerprint density at radius 2 is 1.97 bits per heavy atom. The lowest BCUT2D eigenvalue weighted by Crippen LogP contribution is -2.39. The summed E-state index contributed by atoms with van der Waals surface area (Å²) in [5.41, 5.74) is 0.632. The van der Waals surface area contributed by atoms with Gasteiger partial charge >= 0.3 is 5.69 Å². The van der Waals surface area contributed by atoms with E-state index in [2.05, 4.69) is 15.6 Å². The smallest absolute Gasteiger partial charge is 0.332 e. The van der Waals surface area contributed by atoms with E-state index < -0.39 is 29.0 Å². The van der Waals surface area contributed by atoms with Gasteiger partial charge in [-0.25, -0.2) is 9.18 Å². The molecule has 3 aromatic rings. The maximum Gasteiger partial charge on any atom is 0.332 e. The van der Waals surface area contributed by atoms with Crippen LogP contribution in [0, 0.1) is 5.82 Å². The maximum atomic E-state index is 13.5. The molecule has 2 amide bonds. The highest BCUT2D eigenvalue weighted by atomic mass is 19.1. The zero-order valence-electron chi connectivity index (χ0n) is 16.4. The number of aromatic nitrogens is 3. The summed E-state index contributed by atoms with van der Waals surface area (Å²) in [4.78, 5) is 52.3. The van der Waals surface area contributed by atoms with E-state index in [1.165, 1.54) is 30.8 Å². The van der Waals surface area contributed by atoms with Crippen molar-refractivity contribution in [3.05, 3.63) is 62.2 Å². The van der Waals surface area contributed by atoms with Crippen LogP contribution in [-0.4, -0.2) is 32.5 Å². The molecule has 0 saturated heterocycles. The van der Waals surface area contributed by atoms with E-state index in [0.717, 1.165) is 21.0 Å². The highest BCUT2D eigenvalue weighted by molar-refractivity contribution is 6.04. The highest BCUT2D eigenvalue weighted by Crippen LogP contribution is 2.30. The zero-order valence-corrected chi connectivity index (χ0v) is 16.4. The highest BCUT2D eigenvalue weighted by Gasteiger charge is 2.37. The van der Waals surface area contributed by atoms with Gasteiger partial charge in [0.05, 0.1) is 11.5 Å². The average Bonchev–Trinajstić information content (AvgIpc) is 3.26. The lowest BCUT2D eigenvalue weighted by Gasteiger charge is -2.11. The van der Waals surface area contributed by atoms with Gasteiger partial charge in [-0.3, -0.25) is 23.5 Å². The van der Waals surface area contributed by atoms with Gasteiger partial charge in [-0.15, -0.1) is 0 Å². The monoisotopic (exact) mass is 413 g/mol. The molecule has 30 heavy (non-hydrogen) atoms. The topological polar surface area (TPSA) is 118 Å². The predicted molar refractivity (Wildman–Crippen MR) is 108 cm³/mol. The number of benzene rings is 1. The van der Waals surface area contributed by atoms with Gasteiger partial charge in [0.25, 0.3) is 5.56 Å². The lowest BCUT2D eigenvalue weighted by atomic mass is 9.99. The first-order chi connectivity index (χ1) is 14.3. The number of aromatic amines is 1. The Hall–Kier alpha value is -3.69. The van der Waals surface area contributed by atoms with Crippen LogP contribution in [0.3, 0.4) is 0 Å². The molecule has 156 valence electrons. The molecule has 1 aromatic carbocycles. The third-order valence-electron chi connectivity index (χ3n) is 5.44. The number of hydrogen-bond donors (Lipinski definition) is 3. The molecule has 0 bridgehead atoms. The number of amides is 2. The number of nitrogens with zero attached hydrogens (tertiary/aromatic N) is 2. The van der Waals surface area contributed by atoms with E-state index in [0.29, 0.717) is 6.42 Å². The van der Waals surface area contributed by atoms with Gasteiger partial charge in [0.1, 0.15) is 11.6 Å². The predicted octanol–water partition coefficient (Wildman–Crippen LogP) is 0.489. The number of fused-ring (bicyclic) bond motifs is 2. The second-order valence-electron chi connectivity index (χ2n) is 7.32. The van der Waals surface area contributed by atoms with Crippen molar-refractivity contribution >= 4 is 28.5 Å². The summed E-state index contributed by atoms with van der Waals surface area (Å²) in [6.45, 7) is 0.286. The van der Waals surface area contributed by atoms with Crippen molar-refractivity contribution in [2.75, 3.05) is 11.9 Å². The zero-order chi connectivity index (χ0) is 21.6. The number of hydrogen-bond acceptors (Lipinski definition) is 4. The molecule has 4 rings (SSSR count). The normalized spacial score (nSPS) is 15.3. The molecule has 0 spiro atoms. The number of rotatable bonds is 5. The van der Waals surface area contributed by atoms with Gasteiger partial charge in [0.15, 0.2) is 0 Å². The van der Waals surface area contributed by atoms with Gasteiger partial charge in [-0.05, 0) is 30.2 Å². The minimum Gasteiger partial charge on any atom is -0.361 e. The van der Waals surface area contributed by atoms with Gasteiger partial charge in [0, 0.05) is 44.2 Å². The van der Waals surface area contributed by atoms with E-state index in [1.807, 2.05) is 0 Å². The third-order valence-corrected chi connectivity index (χ3v) is 5.44. The summed E-state index contributed by atoms with van der Waals surface area (Å²) < 4.78 is 15.6. The van der Waals surface area contributed by atoms with Gasteiger partial charge in [0.2, 0.25) is 11.8 Å². The van der Waals surface area contributed by atoms with Crippen molar-refractivity contribution in [3.8, 4) is 0 Å². The molecule has 0 unspecified atom stereocenters. The van der Waals surface area contributed by atoms with E-state index in [-0.39, 0.29) is 30.2 Å². The SMILES string of the molecule is Cn1c2c(c(=O)n(C)c1=O)[C@H](CC(=O)NCCc1c[nH]c3ccc(F)cc13)C(=O)N2. The van der Waals surface area contributed by atoms with Crippen molar-refractivity contribution in [2.45, 2.75) is 18.8 Å². The van der Waals surface area contributed by atoms with E-state index in [9.17, 15) is 23.6 Å². The van der Waals surface area contributed by atoms with Crippen LogP contribution in [0.15, 0.2) is 34.0 Å².